The highest BCUT2D eigenvalue weighted by atomic mass is 35.5. The van der Waals surface area contributed by atoms with E-state index in [9.17, 15) is 4.79 Å². The molecule has 0 aromatic heterocycles. The van der Waals surface area contributed by atoms with Crippen molar-refractivity contribution < 1.29 is 9.69 Å². The van der Waals surface area contributed by atoms with Crippen molar-refractivity contribution in [3.63, 3.8) is 0 Å². The van der Waals surface area contributed by atoms with Crippen molar-refractivity contribution in [3.05, 3.63) is 65.2 Å². The Morgan fingerprint density at radius 3 is 2.33 bits per heavy atom. The second-order valence-corrected chi connectivity index (χ2v) is 8.27. The minimum absolute atomic E-state index is 0.119. The number of piperidine rings is 2. The van der Waals surface area contributed by atoms with Gasteiger partial charge in [0.2, 0.25) is 0 Å². The number of carbonyl (C=O) groups excluding carboxylic acids is 1. The molecule has 4 nitrogen and oxygen atoms in total. The van der Waals surface area contributed by atoms with Gasteiger partial charge in [-0.05, 0) is 43.5 Å². The average molecular weight is 385 g/mol. The molecule has 2 amide bonds. The largest absolute Gasteiger partial charge is 0.335 e. The number of halogens is 1. The molecule has 2 aromatic rings. The first-order chi connectivity index (χ1) is 13.2. The first-order valence-corrected chi connectivity index (χ1v) is 10.3. The summed E-state index contributed by atoms with van der Waals surface area (Å²) in [5.74, 6) is 0. The lowest BCUT2D eigenvalue weighted by atomic mass is 9.81. The van der Waals surface area contributed by atoms with Gasteiger partial charge in [-0.25, -0.2) is 4.79 Å². The molecule has 27 heavy (non-hydrogen) atoms. The molecule has 4 rings (SSSR count). The van der Waals surface area contributed by atoms with Crippen molar-refractivity contribution in [2.24, 2.45) is 0 Å². The van der Waals surface area contributed by atoms with E-state index < -0.39 is 0 Å². The van der Waals surface area contributed by atoms with E-state index in [4.69, 9.17) is 11.6 Å². The van der Waals surface area contributed by atoms with E-state index in [1.807, 2.05) is 12.1 Å². The number of hydrogen-bond acceptors (Lipinski definition) is 1. The standard InChI is InChI=1S/C22H26ClN3O/c23-17-9-11-18(12-10-17)24-22(27)25-19-13-20-7-4-8-21(14-19)26(20)15-16-5-2-1-3-6-16/h1-3,5-6,9-12,19-21H,4,7-8,13-15H2,(H2,24,25,27)/p+1/t19?,20-,21+. The van der Waals surface area contributed by atoms with Gasteiger partial charge >= 0.3 is 6.03 Å². The van der Waals surface area contributed by atoms with Crippen LogP contribution in [-0.4, -0.2) is 24.2 Å². The number of anilines is 1. The lowest BCUT2D eigenvalue weighted by Gasteiger charge is -2.46. The Kier molecular flexibility index (Phi) is 5.65. The van der Waals surface area contributed by atoms with Crippen molar-refractivity contribution >= 4 is 23.3 Å². The summed E-state index contributed by atoms with van der Waals surface area (Å²) in [7, 11) is 0. The molecule has 0 spiro atoms. The number of benzene rings is 2. The Hall–Kier alpha value is -2.04. The van der Waals surface area contributed by atoms with Gasteiger partial charge < -0.3 is 15.5 Å². The molecule has 2 aromatic carbocycles. The van der Waals surface area contributed by atoms with Crippen LogP contribution >= 0.6 is 11.6 Å². The van der Waals surface area contributed by atoms with Gasteiger partial charge in [0.25, 0.3) is 0 Å². The first kappa shape index (κ1) is 18.3. The second-order valence-electron chi connectivity index (χ2n) is 7.84. The van der Waals surface area contributed by atoms with Gasteiger partial charge in [-0.15, -0.1) is 0 Å². The minimum atomic E-state index is -0.119. The molecule has 2 bridgehead atoms. The quantitative estimate of drug-likeness (QED) is 0.740. The minimum Gasteiger partial charge on any atom is -0.335 e. The maximum atomic E-state index is 12.4. The zero-order chi connectivity index (χ0) is 18.6. The predicted molar refractivity (Wildman–Crippen MR) is 109 cm³/mol. The van der Waals surface area contributed by atoms with E-state index in [2.05, 4.69) is 41.0 Å². The number of amides is 2. The summed E-state index contributed by atoms with van der Waals surface area (Å²) in [6.07, 6.45) is 5.96. The van der Waals surface area contributed by atoms with Gasteiger partial charge in [-0.3, -0.25) is 0 Å². The van der Waals surface area contributed by atoms with Crippen LogP contribution in [0.15, 0.2) is 54.6 Å². The third-order valence-electron chi connectivity index (χ3n) is 5.98. The van der Waals surface area contributed by atoms with E-state index in [0.717, 1.165) is 25.1 Å². The van der Waals surface area contributed by atoms with E-state index in [1.54, 1.807) is 17.0 Å². The third kappa shape index (κ3) is 4.63. The van der Waals surface area contributed by atoms with Crippen molar-refractivity contribution in [1.29, 1.82) is 0 Å². The van der Waals surface area contributed by atoms with E-state index in [-0.39, 0.29) is 12.1 Å². The number of nitrogens with one attached hydrogen (secondary N) is 3. The maximum Gasteiger partial charge on any atom is 0.319 e. The Morgan fingerprint density at radius 2 is 1.67 bits per heavy atom. The van der Waals surface area contributed by atoms with Gasteiger partial charge in [0.05, 0.1) is 12.1 Å². The van der Waals surface area contributed by atoms with Crippen LogP contribution < -0.4 is 15.5 Å². The van der Waals surface area contributed by atoms with Gasteiger partial charge in [0.15, 0.2) is 0 Å². The van der Waals surface area contributed by atoms with Crippen LogP contribution in [0, 0.1) is 0 Å². The molecule has 5 heteroatoms. The summed E-state index contributed by atoms with van der Waals surface area (Å²) < 4.78 is 0. The molecule has 2 fully saturated rings. The molecule has 2 aliphatic heterocycles. The number of urea groups is 1. The second kappa shape index (κ2) is 8.32. The fourth-order valence-electron chi connectivity index (χ4n) is 4.76. The van der Waals surface area contributed by atoms with Crippen LogP contribution in [0.4, 0.5) is 10.5 Å². The number of hydrogen-bond donors (Lipinski definition) is 3. The fourth-order valence-corrected chi connectivity index (χ4v) is 4.89. The van der Waals surface area contributed by atoms with Crippen LogP contribution in [0.3, 0.4) is 0 Å². The molecule has 4 atom stereocenters. The molecule has 0 saturated carbocycles. The molecule has 0 aliphatic carbocycles. The molecule has 2 heterocycles. The number of rotatable bonds is 4. The molecule has 142 valence electrons. The van der Waals surface area contributed by atoms with Gasteiger partial charge in [0, 0.05) is 35.2 Å². The Bertz CT molecular complexity index is 751. The predicted octanol–water partition coefficient (Wildman–Crippen LogP) is 3.63. The van der Waals surface area contributed by atoms with Gasteiger partial charge in [-0.2, -0.15) is 0 Å². The van der Waals surface area contributed by atoms with E-state index in [1.165, 1.54) is 24.8 Å². The maximum absolute atomic E-state index is 12.4. The average Bonchev–Trinajstić information content (AvgIpc) is 2.65. The third-order valence-corrected chi connectivity index (χ3v) is 6.23. The first-order valence-electron chi connectivity index (χ1n) is 9.90. The summed E-state index contributed by atoms with van der Waals surface area (Å²) in [4.78, 5) is 14.1. The van der Waals surface area contributed by atoms with Crippen LogP contribution in [0.25, 0.3) is 0 Å². The van der Waals surface area contributed by atoms with Crippen molar-refractivity contribution in [2.45, 2.75) is 56.8 Å². The molecule has 2 saturated heterocycles. The van der Waals surface area contributed by atoms with Crippen LogP contribution in [0.2, 0.25) is 5.02 Å². The molecular weight excluding hydrogens is 358 g/mol. The Labute approximate surface area is 165 Å². The normalized spacial score (nSPS) is 27.0. The molecule has 3 N–H and O–H groups in total. The topological polar surface area (TPSA) is 45.6 Å². The van der Waals surface area contributed by atoms with Crippen molar-refractivity contribution in [2.75, 3.05) is 5.32 Å². The van der Waals surface area contributed by atoms with Crippen molar-refractivity contribution in [1.82, 2.24) is 5.32 Å². The smallest absolute Gasteiger partial charge is 0.319 e. The Morgan fingerprint density at radius 1 is 1.00 bits per heavy atom. The molecule has 2 aliphatic rings. The summed E-state index contributed by atoms with van der Waals surface area (Å²) >= 11 is 5.90. The lowest BCUT2D eigenvalue weighted by Crippen LogP contribution is -3.20. The number of fused-ring (bicyclic) bond motifs is 2. The highest BCUT2D eigenvalue weighted by Gasteiger charge is 2.42. The number of carbonyl (C=O) groups is 1. The summed E-state index contributed by atoms with van der Waals surface area (Å²) in [5, 5.41) is 6.79. The Balaban J connectivity index is 1.35. The summed E-state index contributed by atoms with van der Waals surface area (Å²) in [5.41, 5.74) is 2.18. The highest BCUT2D eigenvalue weighted by molar-refractivity contribution is 6.30. The van der Waals surface area contributed by atoms with Crippen LogP contribution in [-0.2, 0) is 6.54 Å². The molecular formula is C22H27ClN3O+. The van der Waals surface area contributed by atoms with Gasteiger partial charge in [0.1, 0.15) is 6.54 Å². The zero-order valence-corrected chi connectivity index (χ0v) is 16.2. The highest BCUT2D eigenvalue weighted by Crippen LogP contribution is 2.23. The van der Waals surface area contributed by atoms with E-state index >= 15 is 0 Å². The summed E-state index contributed by atoms with van der Waals surface area (Å²) in [6.45, 7) is 1.10. The lowest BCUT2D eigenvalue weighted by molar-refractivity contribution is -0.973. The van der Waals surface area contributed by atoms with Crippen molar-refractivity contribution in [3.8, 4) is 0 Å². The summed E-state index contributed by atoms with van der Waals surface area (Å²) in [6, 6.07) is 19.4. The zero-order valence-electron chi connectivity index (χ0n) is 15.5. The molecule has 0 radical (unpaired) electrons. The van der Waals surface area contributed by atoms with Crippen LogP contribution in [0.1, 0.15) is 37.7 Å². The van der Waals surface area contributed by atoms with E-state index in [0.29, 0.717) is 17.1 Å². The fraction of sp³-hybridized carbons (Fsp3) is 0.409. The molecule has 2 unspecified atom stereocenters. The SMILES string of the molecule is O=C(Nc1ccc(Cl)cc1)NC1C[C@H]2CCC[C@@H](C1)[NH+]2Cc1ccccc1. The monoisotopic (exact) mass is 384 g/mol. The van der Waals surface area contributed by atoms with Crippen LogP contribution in [0.5, 0.6) is 0 Å². The number of quaternary nitrogens is 1. The van der Waals surface area contributed by atoms with Gasteiger partial charge in [-0.1, -0.05) is 41.9 Å².